The van der Waals surface area contributed by atoms with E-state index >= 15 is 0 Å². The van der Waals surface area contributed by atoms with Crippen LogP contribution in [0.4, 0.5) is 5.13 Å². The van der Waals surface area contributed by atoms with Crippen molar-refractivity contribution in [1.29, 1.82) is 0 Å². The molecule has 3 N–H and O–H groups in total. The SMILES string of the molecule is CCOc1ccc2nc(NC(=O)CC3(N)CCC3)sc2c1. The summed E-state index contributed by atoms with van der Waals surface area (Å²) in [6.45, 7) is 2.58. The zero-order valence-electron chi connectivity index (χ0n) is 12.0. The number of hydrogen-bond donors (Lipinski definition) is 2. The second-order valence-corrected chi connectivity index (χ2v) is 6.55. The molecule has 0 atom stereocenters. The van der Waals surface area contributed by atoms with Crippen LogP contribution in [0.15, 0.2) is 18.2 Å². The van der Waals surface area contributed by atoms with Crippen LogP contribution in [0.25, 0.3) is 10.2 Å². The number of fused-ring (bicyclic) bond motifs is 1. The highest BCUT2D eigenvalue weighted by molar-refractivity contribution is 7.22. The van der Waals surface area contributed by atoms with Gasteiger partial charge in [0.25, 0.3) is 0 Å². The van der Waals surface area contributed by atoms with E-state index in [0.717, 1.165) is 35.2 Å². The predicted molar refractivity (Wildman–Crippen MR) is 84.8 cm³/mol. The Morgan fingerprint density at radius 1 is 1.52 bits per heavy atom. The van der Waals surface area contributed by atoms with E-state index in [0.29, 0.717) is 18.2 Å². The van der Waals surface area contributed by atoms with Gasteiger partial charge in [-0.25, -0.2) is 4.98 Å². The van der Waals surface area contributed by atoms with Gasteiger partial charge in [-0.3, -0.25) is 4.79 Å². The van der Waals surface area contributed by atoms with Crippen molar-refractivity contribution in [2.24, 2.45) is 5.73 Å². The first-order chi connectivity index (χ1) is 10.1. The molecule has 1 fully saturated rings. The molecule has 112 valence electrons. The van der Waals surface area contributed by atoms with Gasteiger partial charge in [-0.05, 0) is 44.4 Å². The Kier molecular flexibility index (Phi) is 3.82. The van der Waals surface area contributed by atoms with E-state index in [1.54, 1.807) is 0 Å². The van der Waals surface area contributed by atoms with Gasteiger partial charge in [0.2, 0.25) is 5.91 Å². The number of anilines is 1. The maximum Gasteiger partial charge on any atom is 0.228 e. The second kappa shape index (κ2) is 5.61. The maximum absolute atomic E-state index is 12.0. The molecule has 2 aromatic rings. The van der Waals surface area contributed by atoms with Gasteiger partial charge in [-0.15, -0.1) is 0 Å². The largest absolute Gasteiger partial charge is 0.494 e. The fourth-order valence-corrected chi connectivity index (χ4v) is 3.42. The van der Waals surface area contributed by atoms with Crippen LogP contribution in [0, 0.1) is 0 Å². The summed E-state index contributed by atoms with van der Waals surface area (Å²) in [5.41, 5.74) is 6.65. The Labute approximate surface area is 127 Å². The van der Waals surface area contributed by atoms with Crippen molar-refractivity contribution in [2.75, 3.05) is 11.9 Å². The van der Waals surface area contributed by atoms with E-state index in [-0.39, 0.29) is 11.4 Å². The number of nitrogens with one attached hydrogen (secondary N) is 1. The molecule has 0 unspecified atom stereocenters. The molecule has 1 aliphatic carbocycles. The first kappa shape index (κ1) is 14.3. The van der Waals surface area contributed by atoms with Crippen molar-refractivity contribution >= 4 is 32.6 Å². The molecule has 1 amide bonds. The smallest absolute Gasteiger partial charge is 0.228 e. The summed E-state index contributed by atoms with van der Waals surface area (Å²) < 4.78 is 6.47. The molecule has 6 heteroatoms. The van der Waals surface area contributed by atoms with Crippen molar-refractivity contribution in [3.8, 4) is 5.75 Å². The van der Waals surface area contributed by atoms with Crippen LogP contribution in [0.2, 0.25) is 0 Å². The molecule has 1 aromatic heterocycles. The Morgan fingerprint density at radius 3 is 3.00 bits per heavy atom. The molecular weight excluding hydrogens is 286 g/mol. The molecule has 1 aliphatic rings. The van der Waals surface area contributed by atoms with Crippen molar-refractivity contribution in [3.63, 3.8) is 0 Å². The number of thiazole rings is 1. The predicted octanol–water partition coefficient (Wildman–Crippen LogP) is 2.91. The van der Waals surface area contributed by atoms with Crippen molar-refractivity contribution in [1.82, 2.24) is 4.98 Å². The number of ether oxygens (including phenoxy) is 1. The molecule has 0 radical (unpaired) electrons. The Hall–Kier alpha value is -1.66. The number of carbonyl (C=O) groups excluding carboxylic acids is 1. The number of benzene rings is 1. The first-order valence-corrected chi connectivity index (χ1v) is 8.02. The molecule has 1 heterocycles. The average molecular weight is 305 g/mol. The maximum atomic E-state index is 12.0. The molecule has 0 spiro atoms. The number of amides is 1. The Bertz CT molecular complexity index is 664. The third kappa shape index (κ3) is 3.16. The minimum atomic E-state index is -0.303. The number of nitrogens with zero attached hydrogens (tertiary/aromatic N) is 1. The molecule has 1 aromatic carbocycles. The molecule has 5 nitrogen and oxygen atoms in total. The van der Waals surface area contributed by atoms with Crippen LogP contribution >= 0.6 is 11.3 Å². The van der Waals surface area contributed by atoms with E-state index in [2.05, 4.69) is 10.3 Å². The summed E-state index contributed by atoms with van der Waals surface area (Å²) >= 11 is 1.45. The van der Waals surface area contributed by atoms with Gasteiger partial charge in [-0.1, -0.05) is 11.3 Å². The van der Waals surface area contributed by atoms with Crippen LogP contribution in [-0.4, -0.2) is 23.0 Å². The number of rotatable bonds is 5. The third-order valence-electron chi connectivity index (χ3n) is 3.78. The number of carbonyl (C=O) groups is 1. The van der Waals surface area contributed by atoms with Crippen LogP contribution in [0.3, 0.4) is 0 Å². The standard InChI is InChI=1S/C15H19N3O2S/c1-2-20-10-4-5-11-12(8-10)21-14(17-11)18-13(19)9-15(16)6-3-7-15/h4-5,8H,2-3,6-7,9,16H2,1H3,(H,17,18,19). The molecule has 1 saturated carbocycles. The number of hydrogen-bond acceptors (Lipinski definition) is 5. The van der Waals surface area contributed by atoms with Gasteiger partial charge in [0, 0.05) is 12.0 Å². The Balaban J connectivity index is 1.70. The van der Waals surface area contributed by atoms with E-state index in [1.807, 2.05) is 25.1 Å². The lowest BCUT2D eigenvalue weighted by atomic mass is 9.75. The van der Waals surface area contributed by atoms with Gasteiger partial charge in [-0.2, -0.15) is 0 Å². The lowest BCUT2D eigenvalue weighted by molar-refractivity contribution is -0.118. The second-order valence-electron chi connectivity index (χ2n) is 5.52. The van der Waals surface area contributed by atoms with E-state index in [9.17, 15) is 4.79 Å². The number of aromatic nitrogens is 1. The highest BCUT2D eigenvalue weighted by Crippen LogP contribution is 2.33. The summed E-state index contributed by atoms with van der Waals surface area (Å²) in [5.74, 6) is 0.767. The van der Waals surface area contributed by atoms with Gasteiger partial charge < -0.3 is 15.8 Å². The first-order valence-electron chi connectivity index (χ1n) is 7.20. The lowest BCUT2D eigenvalue weighted by Crippen LogP contribution is -2.48. The van der Waals surface area contributed by atoms with Crippen LogP contribution in [0.5, 0.6) is 5.75 Å². The fraction of sp³-hybridized carbons (Fsp3) is 0.467. The Morgan fingerprint density at radius 2 is 2.33 bits per heavy atom. The van der Waals surface area contributed by atoms with E-state index < -0.39 is 0 Å². The molecule has 0 bridgehead atoms. The molecule has 0 aliphatic heterocycles. The van der Waals surface area contributed by atoms with Crippen molar-refractivity contribution in [2.45, 2.75) is 38.1 Å². The summed E-state index contributed by atoms with van der Waals surface area (Å²) in [7, 11) is 0. The lowest BCUT2D eigenvalue weighted by Gasteiger charge is -2.37. The quantitative estimate of drug-likeness (QED) is 0.890. The molecule has 21 heavy (non-hydrogen) atoms. The summed E-state index contributed by atoms with van der Waals surface area (Å²) in [6.07, 6.45) is 3.34. The van der Waals surface area contributed by atoms with E-state index in [1.165, 1.54) is 11.3 Å². The minimum Gasteiger partial charge on any atom is -0.494 e. The van der Waals surface area contributed by atoms with Crippen LogP contribution < -0.4 is 15.8 Å². The van der Waals surface area contributed by atoms with E-state index in [4.69, 9.17) is 10.5 Å². The van der Waals surface area contributed by atoms with Crippen molar-refractivity contribution in [3.05, 3.63) is 18.2 Å². The molecule has 3 rings (SSSR count). The highest BCUT2D eigenvalue weighted by Gasteiger charge is 2.34. The topological polar surface area (TPSA) is 77.2 Å². The van der Waals surface area contributed by atoms with Crippen molar-refractivity contribution < 1.29 is 9.53 Å². The summed E-state index contributed by atoms with van der Waals surface area (Å²) in [5, 5.41) is 3.47. The minimum absolute atomic E-state index is 0.0544. The summed E-state index contributed by atoms with van der Waals surface area (Å²) in [4.78, 5) is 16.4. The van der Waals surface area contributed by atoms with Crippen LogP contribution in [0.1, 0.15) is 32.6 Å². The zero-order valence-corrected chi connectivity index (χ0v) is 12.8. The third-order valence-corrected chi connectivity index (χ3v) is 4.71. The normalized spacial score (nSPS) is 16.5. The van der Waals surface area contributed by atoms with Gasteiger partial charge in [0.05, 0.1) is 16.8 Å². The number of nitrogens with two attached hydrogens (primary N) is 1. The summed E-state index contributed by atoms with van der Waals surface area (Å²) in [6, 6.07) is 5.74. The van der Waals surface area contributed by atoms with Crippen LogP contribution in [-0.2, 0) is 4.79 Å². The fourth-order valence-electron chi connectivity index (χ4n) is 2.51. The van der Waals surface area contributed by atoms with Gasteiger partial charge in [0.15, 0.2) is 5.13 Å². The zero-order chi connectivity index (χ0) is 14.9. The monoisotopic (exact) mass is 305 g/mol. The highest BCUT2D eigenvalue weighted by atomic mass is 32.1. The van der Waals surface area contributed by atoms with Gasteiger partial charge >= 0.3 is 0 Å². The molecule has 0 saturated heterocycles. The molecular formula is C15H19N3O2S. The van der Waals surface area contributed by atoms with Gasteiger partial charge in [0.1, 0.15) is 5.75 Å². The average Bonchev–Trinajstić information content (AvgIpc) is 2.78.